The molecule has 0 bridgehead atoms. The van der Waals surface area contributed by atoms with Gasteiger partial charge in [-0.2, -0.15) is 26.3 Å². The number of rotatable bonds is 2. The van der Waals surface area contributed by atoms with E-state index >= 15 is 0 Å². The Hall–Kier alpha value is -2.42. The molecule has 0 amide bonds. The summed E-state index contributed by atoms with van der Waals surface area (Å²) in [6.45, 7) is 1.66. The van der Waals surface area contributed by atoms with Crippen LogP contribution in [-0.2, 0) is 12.4 Å². The summed E-state index contributed by atoms with van der Waals surface area (Å²) in [6.07, 6.45) is -9.43. The summed E-state index contributed by atoms with van der Waals surface area (Å²) < 4.78 is 77.7. The maximum absolute atomic E-state index is 13.0. The Labute approximate surface area is 141 Å². The molecule has 0 aliphatic carbocycles. The molecule has 0 aliphatic heterocycles. The second-order valence-electron chi connectivity index (χ2n) is 5.44. The molecule has 6 heteroatoms. The average molecular weight is 356 g/mol. The number of hydrogen-bond acceptors (Lipinski definition) is 0. The molecule has 0 heterocycles. The normalized spacial score (nSPS) is 13.1. The van der Waals surface area contributed by atoms with E-state index in [4.69, 9.17) is 0 Å². The van der Waals surface area contributed by atoms with Gasteiger partial charge in [0.15, 0.2) is 0 Å². The molecule has 0 radical (unpaired) electrons. The summed E-state index contributed by atoms with van der Waals surface area (Å²) in [5.74, 6) is 4.84. The van der Waals surface area contributed by atoms with Gasteiger partial charge in [0.05, 0.1) is 11.1 Å². The van der Waals surface area contributed by atoms with Crippen LogP contribution in [-0.4, -0.2) is 0 Å². The van der Waals surface area contributed by atoms with E-state index in [1.54, 1.807) is 37.3 Å². The van der Waals surface area contributed by atoms with Crippen LogP contribution in [0.3, 0.4) is 0 Å². The molecule has 0 aromatic heterocycles. The Morgan fingerprint density at radius 1 is 0.840 bits per heavy atom. The molecule has 0 nitrogen and oxygen atoms in total. The van der Waals surface area contributed by atoms with E-state index in [0.29, 0.717) is 12.0 Å². The fraction of sp³-hybridized carbons (Fsp3) is 0.263. The van der Waals surface area contributed by atoms with Crippen LogP contribution in [0.25, 0.3) is 0 Å². The Morgan fingerprint density at radius 2 is 1.36 bits per heavy atom. The summed E-state index contributed by atoms with van der Waals surface area (Å²) in [7, 11) is 0. The minimum absolute atomic E-state index is 0.0897. The van der Waals surface area contributed by atoms with Crippen molar-refractivity contribution >= 4 is 0 Å². The maximum Gasteiger partial charge on any atom is 0.416 e. The molecule has 25 heavy (non-hydrogen) atoms. The number of alkyl halides is 6. The zero-order valence-electron chi connectivity index (χ0n) is 13.2. The first-order chi connectivity index (χ1) is 11.6. The van der Waals surface area contributed by atoms with E-state index in [9.17, 15) is 26.3 Å². The van der Waals surface area contributed by atoms with Crippen LogP contribution in [0.5, 0.6) is 0 Å². The summed E-state index contributed by atoms with van der Waals surface area (Å²) in [4.78, 5) is 0. The van der Waals surface area contributed by atoms with Crippen molar-refractivity contribution in [3.8, 4) is 11.8 Å². The van der Waals surface area contributed by atoms with Crippen LogP contribution in [0.4, 0.5) is 26.3 Å². The van der Waals surface area contributed by atoms with Gasteiger partial charge >= 0.3 is 12.4 Å². The molecule has 0 saturated heterocycles. The van der Waals surface area contributed by atoms with Crippen molar-refractivity contribution in [1.29, 1.82) is 0 Å². The van der Waals surface area contributed by atoms with E-state index < -0.39 is 29.4 Å². The molecular formula is C19H14F6. The maximum atomic E-state index is 13.0. The van der Waals surface area contributed by atoms with Crippen molar-refractivity contribution in [2.45, 2.75) is 31.6 Å². The molecule has 2 aromatic rings. The third kappa shape index (κ3) is 5.02. The van der Waals surface area contributed by atoms with Crippen molar-refractivity contribution in [3.63, 3.8) is 0 Å². The molecule has 0 unspecified atom stereocenters. The summed E-state index contributed by atoms with van der Waals surface area (Å²) in [5.41, 5.74) is -2.09. The fourth-order valence-corrected chi connectivity index (χ4v) is 2.29. The van der Waals surface area contributed by atoms with E-state index in [2.05, 4.69) is 11.8 Å². The van der Waals surface area contributed by atoms with Crippen molar-refractivity contribution in [1.82, 2.24) is 0 Å². The highest BCUT2D eigenvalue weighted by Gasteiger charge is 2.37. The molecule has 0 aliphatic rings. The molecule has 1 atom stereocenters. The first-order valence-corrected chi connectivity index (χ1v) is 7.47. The lowest BCUT2D eigenvalue weighted by atomic mass is 9.92. The monoisotopic (exact) mass is 356 g/mol. The van der Waals surface area contributed by atoms with Crippen molar-refractivity contribution in [3.05, 3.63) is 70.8 Å². The first kappa shape index (κ1) is 18.9. The van der Waals surface area contributed by atoms with Gasteiger partial charge in [0.2, 0.25) is 0 Å². The van der Waals surface area contributed by atoms with Gasteiger partial charge in [-0.1, -0.05) is 37.0 Å². The fourth-order valence-electron chi connectivity index (χ4n) is 2.29. The molecule has 132 valence electrons. The van der Waals surface area contributed by atoms with Crippen molar-refractivity contribution in [2.24, 2.45) is 0 Å². The predicted octanol–water partition coefficient (Wildman–Crippen LogP) is 6.27. The lowest BCUT2D eigenvalue weighted by Crippen LogP contribution is -2.12. The summed E-state index contributed by atoms with van der Waals surface area (Å²) in [6, 6.07) is 10.3. The predicted molar refractivity (Wildman–Crippen MR) is 82.8 cm³/mol. The quantitative estimate of drug-likeness (QED) is 0.439. The highest BCUT2D eigenvalue weighted by molar-refractivity contribution is 5.41. The Kier molecular flexibility index (Phi) is 5.46. The van der Waals surface area contributed by atoms with E-state index in [1.165, 1.54) is 0 Å². The standard InChI is InChI=1S/C19H14F6/c1-2-14(9-8-13-6-4-3-5-7-13)15-10-16(18(20,21)22)12-17(11-15)19(23,24)25/h3-7,10-12,14H,2H2,1H3/t14-/m0/s1. The van der Waals surface area contributed by atoms with E-state index in [0.717, 1.165) is 12.1 Å². The van der Waals surface area contributed by atoms with Crippen LogP contribution in [0, 0.1) is 11.8 Å². The highest BCUT2D eigenvalue weighted by Crippen LogP contribution is 2.38. The number of halogens is 6. The van der Waals surface area contributed by atoms with Crippen LogP contribution in [0.1, 0.15) is 41.5 Å². The topological polar surface area (TPSA) is 0 Å². The van der Waals surface area contributed by atoms with Crippen LogP contribution >= 0.6 is 0 Å². The van der Waals surface area contributed by atoms with Crippen LogP contribution < -0.4 is 0 Å². The van der Waals surface area contributed by atoms with Gasteiger partial charge in [-0.15, -0.1) is 0 Å². The van der Waals surface area contributed by atoms with Gasteiger partial charge < -0.3 is 0 Å². The van der Waals surface area contributed by atoms with E-state index in [-0.39, 0.29) is 11.6 Å². The van der Waals surface area contributed by atoms with E-state index in [1.807, 2.05) is 0 Å². The second-order valence-corrected chi connectivity index (χ2v) is 5.44. The molecule has 0 spiro atoms. The zero-order chi connectivity index (χ0) is 18.7. The second kappa shape index (κ2) is 7.22. The van der Waals surface area contributed by atoms with Crippen molar-refractivity contribution in [2.75, 3.05) is 0 Å². The third-order valence-electron chi connectivity index (χ3n) is 3.59. The van der Waals surface area contributed by atoms with Crippen LogP contribution in [0.2, 0.25) is 0 Å². The SMILES string of the molecule is CC[C@@H](C#Cc1ccccc1)c1cc(C(F)(F)F)cc(C(F)(F)F)c1. The molecule has 2 aromatic carbocycles. The van der Waals surface area contributed by atoms with Gasteiger partial charge in [0.25, 0.3) is 0 Å². The summed E-state index contributed by atoms with van der Waals surface area (Å²) >= 11 is 0. The number of benzene rings is 2. The molecule has 0 fully saturated rings. The van der Waals surface area contributed by atoms with Gasteiger partial charge in [0, 0.05) is 11.5 Å². The van der Waals surface area contributed by atoms with Gasteiger partial charge in [0.1, 0.15) is 0 Å². The minimum Gasteiger partial charge on any atom is -0.166 e. The third-order valence-corrected chi connectivity index (χ3v) is 3.59. The van der Waals surface area contributed by atoms with Gasteiger partial charge in [-0.25, -0.2) is 0 Å². The highest BCUT2D eigenvalue weighted by atomic mass is 19.4. The molecule has 2 rings (SSSR count). The first-order valence-electron chi connectivity index (χ1n) is 7.47. The Bertz CT molecular complexity index is 743. The lowest BCUT2D eigenvalue weighted by Gasteiger charge is -2.16. The Balaban J connectivity index is 2.50. The van der Waals surface area contributed by atoms with Crippen LogP contribution in [0.15, 0.2) is 48.5 Å². The number of hydrogen-bond donors (Lipinski definition) is 0. The van der Waals surface area contributed by atoms with Gasteiger partial charge in [-0.3, -0.25) is 0 Å². The summed E-state index contributed by atoms with van der Waals surface area (Å²) in [5, 5.41) is 0. The van der Waals surface area contributed by atoms with Gasteiger partial charge in [-0.05, 0) is 42.3 Å². The lowest BCUT2D eigenvalue weighted by molar-refractivity contribution is -0.143. The zero-order valence-corrected chi connectivity index (χ0v) is 13.2. The Morgan fingerprint density at radius 3 is 1.80 bits per heavy atom. The molecular weight excluding hydrogens is 342 g/mol. The average Bonchev–Trinajstić information content (AvgIpc) is 2.54. The van der Waals surface area contributed by atoms with Crippen molar-refractivity contribution < 1.29 is 26.3 Å². The molecule has 0 N–H and O–H groups in total. The smallest absolute Gasteiger partial charge is 0.166 e. The minimum atomic E-state index is -4.86. The molecule has 0 saturated carbocycles. The largest absolute Gasteiger partial charge is 0.416 e.